The van der Waals surface area contributed by atoms with E-state index in [0.29, 0.717) is 30.0 Å². The third-order valence-electron chi connectivity index (χ3n) is 2.87. The van der Waals surface area contributed by atoms with E-state index in [1.807, 2.05) is 0 Å². The highest BCUT2D eigenvalue weighted by molar-refractivity contribution is 7.17. The summed E-state index contributed by atoms with van der Waals surface area (Å²) >= 11 is 1.26. The number of benzene rings is 1. The van der Waals surface area contributed by atoms with Crippen LogP contribution in [0.3, 0.4) is 0 Å². The van der Waals surface area contributed by atoms with Crippen LogP contribution in [0.15, 0.2) is 36.4 Å². The number of amides is 1. The zero-order valence-electron chi connectivity index (χ0n) is 12.4. The SMILES string of the molecule is Cl.NCCCNC(=O)c1ccc(-c2ccc(OC(F)(F)F)cc2)s1. The van der Waals surface area contributed by atoms with E-state index < -0.39 is 6.36 Å². The zero-order valence-corrected chi connectivity index (χ0v) is 14.1. The molecule has 0 radical (unpaired) electrons. The van der Waals surface area contributed by atoms with Crippen molar-refractivity contribution in [3.8, 4) is 16.2 Å². The summed E-state index contributed by atoms with van der Waals surface area (Å²) in [6, 6.07) is 8.94. The summed E-state index contributed by atoms with van der Waals surface area (Å²) in [5.74, 6) is -0.468. The summed E-state index contributed by atoms with van der Waals surface area (Å²) in [7, 11) is 0. The maximum atomic E-state index is 12.1. The predicted octanol–water partition coefficient (Wildman–Crippen LogP) is 3.81. The first kappa shape index (κ1) is 20.3. The second-order valence-electron chi connectivity index (χ2n) is 4.63. The van der Waals surface area contributed by atoms with Crippen molar-refractivity contribution in [2.45, 2.75) is 12.8 Å². The normalized spacial score (nSPS) is 10.8. The molecular formula is C15H16ClF3N2O2S. The molecule has 0 spiro atoms. The summed E-state index contributed by atoms with van der Waals surface area (Å²) in [4.78, 5) is 13.2. The number of alkyl halides is 3. The van der Waals surface area contributed by atoms with Gasteiger partial charge < -0.3 is 15.8 Å². The monoisotopic (exact) mass is 380 g/mol. The number of carbonyl (C=O) groups excluding carboxylic acids is 1. The van der Waals surface area contributed by atoms with Gasteiger partial charge in [-0.2, -0.15) is 0 Å². The van der Waals surface area contributed by atoms with Gasteiger partial charge in [0.25, 0.3) is 5.91 Å². The lowest BCUT2D eigenvalue weighted by atomic mass is 10.2. The number of halogens is 4. The molecule has 1 amide bonds. The van der Waals surface area contributed by atoms with Gasteiger partial charge in [0.15, 0.2) is 0 Å². The Kier molecular flexibility index (Phi) is 7.53. The third kappa shape index (κ3) is 6.03. The fraction of sp³-hybridized carbons (Fsp3) is 0.267. The van der Waals surface area contributed by atoms with E-state index in [9.17, 15) is 18.0 Å². The highest BCUT2D eigenvalue weighted by Gasteiger charge is 2.30. The van der Waals surface area contributed by atoms with Crippen LogP contribution in [0, 0.1) is 0 Å². The Labute approximate surface area is 147 Å². The molecular weight excluding hydrogens is 365 g/mol. The van der Waals surface area contributed by atoms with Gasteiger partial charge in [-0.05, 0) is 54.9 Å². The van der Waals surface area contributed by atoms with E-state index in [1.54, 1.807) is 12.1 Å². The average Bonchev–Trinajstić information content (AvgIpc) is 2.96. The molecule has 1 heterocycles. The number of thiophene rings is 1. The molecule has 1 aromatic carbocycles. The van der Waals surface area contributed by atoms with E-state index >= 15 is 0 Å². The van der Waals surface area contributed by atoms with Crippen molar-refractivity contribution in [3.63, 3.8) is 0 Å². The molecule has 0 saturated heterocycles. The quantitative estimate of drug-likeness (QED) is 0.749. The molecule has 132 valence electrons. The molecule has 4 nitrogen and oxygen atoms in total. The van der Waals surface area contributed by atoms with Gasteiger partial charge in [0.2, 0.25) is 0 Å². The van der Waals surface area contributed by atoms with Gasteiger partial charge in [-0.1, -0.05) is 0 Å². The van der Waals surface area contributed by atoms with Gasteiger partial charge in [-0.25, -0.2) is 0 Å². The van der Waals surface area contributed by atoms with Crippen molar-refractivity contribution in [1.82, 2.24) is 5.32 Å². The molecule has 1 aromatic heterocycles. The second kappa shape index (κ2) is 8.91. The summed E-state index contributed by atoms with van der Waals surface area (Å²) < 4.78 is 40.2. The first-order chi connectivity index (χ1) is 10.9. The number of rotatable bonds is 6. The average molecular weight is 381 g/mol. The molecule has 0 unspecified atom stereocenters. The van der Waals surface area contributed by atoms with Crippen molar-refractivity contribution >= 4 is 29.7 Å². The Morgan fingerprint density at radius 3 is 2.42 bits per heavy atom. The molecule has 3 N–H and O–H groups in total. The molecule has 2 aromatic rings. The minimum Gasteiger partial charge on any atom is -0.406 e. The summed E-state index contributed by atoms with van der Waals surface area (Å²) in [5.41, 5.74) is 6.07. The molecule has 0 bridgehead atoms. The van der Waals surface area contributed by atoms with Crippen molar-refractivity contribution in [2.24, 2.45) is 5.73 Å². The first-order valence-electron chi connectivity index (χ1n) is 6.83. The van der Waals surface area contributed by atoms with E-state index in [2.05, 4.69) is 10.1 Å². The fourth-order valence-corrected chi connectivity index (χ4v) is 2.75. The number of hydrogen-bond acceptors (Lipinski definition) is 4. The van der Waals surface area contributed by atoms with E-state index in [1.165, 1.54) is 35.6 Å². The molecule has 24 heavy (non-hydrogen) atoms. The van der Waals surface area contributed by atoms with Crippen LogP contribution >= 0.6 is 23.7 Å². The molecule has 0 aliphatic rings. The number of carbonyl (C=O) groups is 1. The Morgan fingerprint density at radius 1 is 1.17 bits per heavy atom. The van der Waals surface area contributed by atoms with E-state index in [-0.39, 0.29) is 24.1 Å². The van der Waals surface area contributed by atoms with Crippen LogP contribution in [0.4, 0.5) is 13.2 Å². The van der Waals surface area contributed by atoms with Crippen molar-refractivity contribution < 1.29 is 22.7 Å². The van der Waals surface area contributed by atoms with Crippen LogP contribution in [0.25, 0.3) is 10.4 Å². The lowest BCUT2D eigenvalue weighted by molar-refractivity contribution is -0.274. The van der Waals surface area contributed by atoms with Crippen LogP contribution in [0.2, 0.25) is 0 Å². The molecule has 0 aliphatic heterocycles. The fourth-order valence-electron chi connectivity index (χ4n) is 1.83. The first-order valence-corrected chi connectivity index (χ1v) is 7.65. The predicted molar refractivity (Wildman–Crippen MR) is 89.7 cm³/mol. The topological polar surface area (TPSA) is 64.3 Å². The highest BCUT2D eigenvalue weighted by Crippen LogP contribution is 2.30. The summed E-state index contributed by atoms with van der Waals surface area (Å²) in [5, 5.41) is 2.75. The lowest BCUT2D eigenvalue weighted by Crippen LogP contribution is -2.25. The number of nitrogens with one attached hydrogen (secondary N) is 1. The third-order valence-corrected chi connectivity index (χ3v) is 4.00. The minimum absolute atomic E-state index is 0. The number of hydrogen-bond donors (Lipinski definition) is 2. The minimum atomic E-state index is -4.71. The largest absolute Gasteiger partial charge is 0.573 e. The van der Waals surface area contributed by atoms with Gasteiger partial charge in [-0.15, -0.1) is 36.9 Å². The van der Waals surface area contributed by atoms with Gasteiger partial charge >= 0.3 is 6.36 Å². The van der Waals surface area contributed by atoms with Gasteiger partial charge in [-0.3, -0.25) is 4.79 Å². The smallest absolute Gasteiger partial charge is 0.406 e. The van der Waals surface area contributed by atoms with Gasteiger partial charge in [0.05, 0.1) is 4.88 Å². The van der Waals surface area contributed by atoms with Crippen molar-refractivity contribution in [2.75, 3.05) is 13.1 Å². The van der Waals surface area contributed by atoms with Crippen LogP contribution in [0.5, 0.6) is 5.75 Å². The molecule has 0 saturated carbocycles. The van der Waals surface area contributed by atoms with Crippen LogP contribution in [-0.2, 0) is 0 Å². The van der Waals surface area contributed by atoms with Crippen molar-refractivity contribution in [1.29, 1.82) is 0 Å². The zero-order chi connectivity index (χ0) is 16.9. The number of nitrogens with two attached hydrogens (primary N) is 1. The van der Waals surface area contributed by atoms with E-state index in [0.717, 1.165) is 4.88 Å². The second-order valence-corrected chi connectivity index (χ2v) is 5.72. The Hall–Kier alpha value is -1.77. The standard InChI is InChI=1S/C15H15F3N2O2S.ClH/c16-15(17,18)22-11-4-2-10(3-5-11)12-6-7-13(23-12)14(21)20-9-1-8-19;/h2-7H,1,8-9,19H2,(H,20,21);1H. The molecule has 0 atom stereocenters. The Bertz CT molecular complexity index is 659. The molecule has 9 heteroatoms. The van der Waals surface area contributed by atoms with E-state index in [4.69, 9.17) is 5.73 Å². The molecule has 0 fully saturated rings. The summed E-state index contributed by atoms with van der Waals surface area (Å²) in [6.45, 7) is 1.01. The van der Waals surface area contributed by atoms with Crippen LogP contribution in [-0.4, -0.2) is 25.4 Å². The van der Waals surface area contributed by atoms with Gasteiger partial charge in [0.1, 0.15) is 5.75 Å². The lowest BCUT2D eigenvalue weighted by Gasteiger charge is -2.08. The van der Waals surface area contributed by atoms with Crippen molar-refractivity contribution in [3.05, 3.63) is 41.3 Å². The Balaban J connectivity index is 0.00000288. The maximum Gasteiger partial charge on any atom is 0.573 e. The van der Waals surface area contributed by atoms with Gasteiger partial charge in [0, 0.05) is 11.4 Å². The molecule has 0 aliphatic carbocycles. The molecule has 2 rings (SSSR count). The number of ether oxygens (including phenoxy) is 1. The highest BCUT2D eigenvalue weighted by atomic mass is 35.5. The maximum absolute atomic E-state index is 12.1. The summed E-state index contributed by atoms with van der Waals surface area (Å²) in [6.07, 6.45) is -4.01. The Morgan fingerprint density at radius 2 is 1.83 bits per heavy atom. The van der Waals surface area contributed by atoms with Crippen LogP contribution in [0.1, 0.15) is 16.1 Å². The van der Waals surface area contributed by atoms with Crippen LogP contribution < -0.4 is 15.8 Å².